The number of nitrogens with two attached hydrogens (primary N) is 1. The first-order valence-electron chi connectivity index (χ1n) is 6.68. The molecule has 0 bridgehead atoms. The van der Waals surface area contributed by atoms with Gasteiger partial charge >= 0.3 is 0 Å². The van der Waals surface area contributed by atoms with Gasteiger partial charge in [-0.2, -0.15) is 0 Å². The van der Waals surface area contributed by atoms with E-state index in [9.17, 15) is 4.79 Å². The summed E-state index contributed by atoms with van der Waals surface area (Å²) in [5.41, 5.74) is 8.94. The fourth-order valence-corrected chi connectivity index (χ4v) is 2.14. The van der Waals surface area contributed by atoms with E-state index in [0.29, 0.717) is 11.3 Å². The molecule has 0 spiro atoms. The Balaban J connectivity index is 2.20. The predicted molar refractivity (Wildman–Crippen MR) is 80.3 cm³/mol. The van der Waals surface area contributed by atoms with Gasteiger partial charge in [-0.15, -0.1) is 0 Å². The summed E-state index contributed by atoms with van der Waals surface area (Å²) in [5.74, 6) is -0.0986. The number of carbonyl (C=O) groups excluding carboxylic acids is 1. The van der Waals surface area contributed by atoms with Crippen molar-refractivity contribution >= 4 is 11.6 Å². The number of hydrogen-bond acceptors (Lipinski definition) is 3. The van der Waals surface area contributed by atoms with Gasteiger partial charge in [0.15, 0.2) is 0 Å². The van der Waals surface area contributed by atoms with E-state index in [1.54, 1.807) is 24.5 Å². The van der Waals surface area contributed by atoms with Crippen LogP contribution in [0.15, 0.2) is 42.7 Å². The molecule has 1 heterocycles. The number of anilines is 1. The van der Waals surface area contributed by atoms with Gasteiger partial charge < -0.3 is 11.1 Å². The minimum Gasteiger partial charge on any atom is -0.399 e. The number of aryl methyl sites for hydroxylation is 1. The van der Waals surface area contributed by atoms with Gasteiger partial charge in [-0.25, -0.2) is 0 Å². The molecule has 3 N–H and O–H groups in total. The summed E-state index contributed by atoms with van der Waals surface area (Å²) in [6.45, 7) is 3.94. The Kier molecular flexibility index (Phi) is 4.35. The summed E-state index contributed by atoms with van der Waals surface area (Å²) in [5, 5.41) is 3.05. The Hall–Kier alpha value is -2.36. The van der Waals surface area contributed by atoms with Crippen LogP contribution in [0.4, 0.5) is 5.69 Å². The zero-order chi connectivity index (χ0) is 14.5. The van der Waals surface area contributed by atoms with E-state index in [0.717, 1.165) is 17.5 Å². The van der Waals surface area contributed by atoms with E-state index in [1.165, 1.54) is 0 Å². The molecular formula is C16H19N3O. The average molecular weight is 269 g/mol. The van der Waals surface area contributed by atoms with Gasteiger partial charge in [-0.1, -0.05) is 13.0 Å². The number of aromatic nitrogens is 1. The van der Waals surface area contributed by atoms with Crippen LogP contribution in [0.5, 0.6) is 0 Å². The second-order valence-electron chi connectivity index (χ2n) is 4.79. The number of benzene rings is 1. The second-order valence-corrected chi connectivity index (χ2v) is 4.79. The van der Waals surface area contributed by atoms with Crippen molar-refractivity contribution in [3.8, 4) is 0 Å². The number of nitrogens with one attached hydrogen (secondary N) is 1. The molecule has 4 nitrogen and oxygen atoms in total. The number of nitrogens with zero attached hydrogens (tertiary/aromatic N) is 1. The molecule has 2 rings (SSSR count). The van der Waals surface area contributed by atoms with Gasteiger partial charge in [-0.05, 0) is 48.7 Å². The topological polar surface area (TPSA) is 68.0 Å². The molecule has 1 aromatic heterocycles. The van der Waals surface area contributed by atoms with Crippen molar-refractivity contribution in [1.29, 1.82) is 0 Å². The van der Waals surface area contributed by atoms with Gasteiger partial charge in [0, 0.05) is 23.6 Å². The van der Waals surface area contributed by atoms with E-state index in [4.69, 9.17) is 5.73 Å². The minimum atomic E-state index is -0.0986. The molecule has 1 unspecified atom stereocenters. The SMILES string of the molecule is CCC(NC(=O)c1cc(N)ccc1C)c1ccncc1. The summed E-state index contributed by atoms with van der Waals surface area (Å²) in [6.07, 6.45) is 4.28. The molecule has 0 saturated carbocycles. The molecule has 0 fully saturated rings. The van der Waals surface area contributed by atoms with Crippen LogP contribution >= 0.6 is 0 Å². The standard InChI is InChI=1S/C16H19N3O/c1-3-15(12-6-8-18-9-7-12)19-16(20)14-10-13(17)5-4-11(14)2/h4-10,15H,3,17H2,1-2H3,(H,19,20). The Bertz CT molecular complexity index is 596. The molecule has 1 aromatic carbocycles. The van der Waals surface area contributed by atoms with E-state index in [1.807, 2.05) is 32.0 Å². The smallest absolute Gasteiger partial charge is 0.252 e. The van der Waals surface area contributed by atoms with Crippen LogP contribution < -0.4 is 11.1 Å². The molecule has 0 aliphatic heterocycles. The van der Waals surface area contributed by atoms with Crippen molar-refractivity contribution in [3.05, 3.63) is 59.4 Å². The van der Waals surface area contributed by atoms with Crippen LogP contribution in [0.2, 0.25) is 0 Å². The number of hydrogen-bond donors (Lipinski definition) is 2. The third-order valence-electron chi connectivity index (χ3n) is 3.33. The number of pyridine rings is 1. The van der Waals surface area contributed by atoms with Crippen LogP contribution in [-0.4, -0.2) is 10.9 Å². The van der Waals surface area contributed by atoms with Crippen molar-refractivity contribution in [3.63, 3.8) is 0 Å². The summed E-state index contributed by atoms with van der Waals surface area (Å²) in [7, 11) is 0. The highest BCUT2D eigenvalue weighted by molar-refractivity contribution is 5.96. The molecule has 0 saturated heterocycles. The molecule has 2 aromatic rings. The molecule has 1 atom stereocenters. The maximum atomic E-state index is 12.4. The Morgan fingerprint density at radius 1 is 1.30 bits per heavy atom. The van der Waals surface area contributed by atoms with Crippen molar-refractivity contribution in [1.82, 2.24) is 10.3 Å². The molecule has 0 aliphatic rings. The second kappa shape index (κ2) is 6.19. The van der Waals surface area contributed by atoms with E-state index < -0.39 is 0 Å². The molecular weight excluding hydrogens is 250 g/mol. The largest absolute Gasteiger partial charge is 0.399 e. The van der Waals surface area contributed by atoms with E-state index in [2.05, 4.69) is 10.3 Å². The molecule has 20 heavy (non-hydrogen) atoms. The van der Waals surface area contributed by atoms with Crippen LogP contribution in [0.1, 0.15) is 40.9 Å². The molecule has 0 radical (unpaired) electrons. The number of amides is 1. The zero-order valence-corrected chi connectivity index (χ0v) is 11.8. The Labute approximate surface area is 119 Å². The third kappa shape index (κ3) is 3.15. The van der Waals surface area contributed by atoms with Crippen molar-refractivity contribution in [2.24, 2.45) is 0 Å². The molecule has 1 amide bonds. The number of carbonyl (C=O) groups is 1. The van der Waals surface area contributed by atoms with E-state index in [-0.39, 0.29) is 11.9 Å². The Morgan fingerprint density at radius 2 is 2.00 bits per heavy atom. The fourth-order valence-electron chi connectivity index (χ4n) is 2.14. The summed E-state index contributed by atoms with van der Waals surface area (Å²) in [4.78, 5) is 16.4. The maximum Gasteiger partial charge on any atom is 0.252 e. The quantitative estimate of drug-likeness (QED) is 0.839. The van der Waals surface area contributed by atoms with Gasteiger partial charge in [-0.3, -0.25) is 9.78 Å². The lowest BCUT2D eigenvalue weighted by molar-refractivity contribution is 0.0935. The first-order valence-corrected chi connectivity index (χ1v) is 6.68. The fraction of sp³-hybridized carbons (Fsp3) is 0.250. The lowest BCUT2D eigenvalue weighted by Crippen LogP contribution is -2.28. The zero-order valence-electron chi connectivity index (χ0n) is 11.8. The molecule has 104 valence electrons. The number of rotatable bonds is 4. The molecule has 4 heteroatoms. The van der Waals surface area contributed by atoms with Gasteiger partial charge in [0.25, 0.3) is 5.91 Å². The van der Waals surface area contributed by atoms with Gasteiger partial charge in [0.2, 0.25) is 0 Å². The summed E-state index contributed by atoms with van der Waals surface area (Å²) in [6, 6.07) is 9.18. The van der Waals surface area contributed by atoms with Crippen LogP contribution in [-0.2, 0) is 0 Å². The number of nitrogen functional groups attached to an aromatic ring is 1. The summed E-state index contributed by atoms with van der Waals surface area (Å²) >= 11 is 0. The van der Waals surface area contributed by atoms with Crippen LogP contribution in [0.3, 0.4) is 0 Å². The average Bonchev–Trinajstić information content (AvgIpc) is 2.48. The maximum absolute atomic E-state index is 12.4. The molecule has 0 aliphatic carbocycles. The highest BCUT2D eigenvalue weighted by Crippen LogP contribution is 2.18. The highest BCUT2D eigenvalue weighted by atomic mass is 16.1. The third-order valence-corrected chi connectivity index (χ3v) is 3.33. The lowest BCUT2D eigenvalue weighted by atomic mass is 10.0. The van der Waals surface area contributed by atoms with Crippen molar-refractivity contribution in [2.75, 3.05) is 5.73 Å². The summed E-state index contributed by atoms with van der Waals surface area (Å²) < 4.78 is 0. The Morgan fingerprint density at radius 3 is 2.65 bits per heavy atom. The van der Waals surface area contributed by atoms with Gasteiger partial charge in [0.1, 0.15) is 0 Å². The van der Waals surface area contributed by atoms with E-state index >= 15 is 0 Å². The normalized spacial score (nSPS) is 11.9. The van der Waals surface area contributed by atoms with Crippen LogP contribution in [0, 0.1) is 6.92 Å². The van der Waals surface area contributed by atoms with Gasteiger partial charge in [0.05, 0.1) is 6.04 Å². The van der Waals surface area contributed by atoms with Crippen molar-refractivity contribution < 1.29 is 4.79 Å². The lowest BCUT2D eigenvalue weighted by Gasteiger charge is -2.18. The predicted octanol–water partition coefficient (Wildman–Crippen LogP) is 2.85. The monoisotopic (exact) mass is 269 g/mol. The minimum absolute atomic E-state index is 0.0219. The highest BCUT2D eigenvalue weighted by Gasteiger charge is 2.15. The van der Waals surface area contributed by atoms with Crippen LogP contribution in [0.25, 0.3) is 0 Å². The first kappa shape index (κ1) is 14.1. The first-order chi connectivity index (χ1) is 9.61. The van der Waals surface area contributed by atoms with Crippen molar-refractivity contribution in [2.45, 2.75) is 26.3 Å².